The first-order chi connectivity index (χ1) is 10.4. The third kappa shape index (κ3) is 1.37. The molecule has 1 aromatic carbocycles. The molecular weight excluding hydrogens is 243 g/mol. The molecule has 4 rings (SSSR count). The maximum Gasteiger partial charge on any atom is 0.170 e. The molecule has 0 fully saturated rings. The molecule has 96 valence electrons. The molecule has 3 nitrogen and oxygen atoms in total. The van der Waals surface area contributed by atoms with Crippen LogP contribution in [0.4, 0.5) is 4.39 Å². The zero-order chi connectivity index (χ0) is 15.6. The lowest BCUT2D eigenvalue weighted by Crippen LogP contribution is -2.42. The molecule has 1 aromatic heterocycles. The van der Waals surface area contributed by atoms with Gasteiger partial charge in [0.25, 0.3) is 0 Å². The summed E-state index contributed by atoms with van der Waals surface area (Å²) in [5.41, 5.74) is 2.51. The van der Waals surface area contributed by atoms with E-state index in [-0.39, 0.29) is 12.3 Å². The minimum atomic E-state index is -2.39. The molecule has 4 heteroatoms. The van der Waals surface area contributed by atoms with Crippen LogP contribution in [0, 0.1) is 5.82 Å². The first-order valence-electron chi connectivity index (χ1n) is 7.66. The number of carbonyl (C=O) groups is 1. The molecule has 0 amide bonds. The van der Waals surface area contributed by atoms with Crippen molar-refractivity contribution in [2.45, 2.75) is 12.5 Å². The standard InChI is InChI=1S/C15H13FN2O/c1-18-7-9(19)5-10-13(18)4-8-6-17-12-3-2-11(16)15(10)14(8)12/h2-3,5-6,13,17H,4,7H2,1H3/t13-/m1/s1/i1D3. The number of likely N-dealkylation sites (N-methyl/N-ethyl adjacent to an activating group) is 1. The second-order valence-electron chi connectivity index (χ2n) is 5.07. The number of nitrogens with one attached hydrogen (secondary N) is 1. The van der Waals surface area contributed by atoms with Crippen LogP contribution in [-0.4, -0.2) is 35.2 Å². The summed E-state index contributed by atoms with van der Waals surface area (Å²) < 4.78 is 37.4. The molecule has 0 spiro atoms. The van der Waals surface area contributed by atoms with Crippen molar-refractivity contribution < 1.29 is 13.3 Å². The minimum absolute atomic E-state index is 0.165. The quantitative estimate of drug-likeness (QED) is 0.786. The van der Waals surface area contributed by atoms with E-state index in [2.05, 4.69) is 4.98 Å². The topological polar surface area (TPSA) is 36.1 Å². The molecule has 0 saturated carbocycles. The third-order valence-corrected chi connectivity index (χ3v) is 3.96. The largest absolute Gasteiger partial charge is 0.361 e. The van der Waals surface area contributed by atoms with Crippen LogP contribution in [0.1, 0.15) is 15.2 Å². The van der Waals surface area contributed by atoms with E-state index in [1.54, 1.807) is 12.3 Å². The Hall–Kier alpha value is -1.94. The van der Waals surface area contributed by atoms with Crippen LogP contribution >= 0.6 is 0 Å². The van der Waals surface area contributed by atoms with Gasteiger partial charge in [-0.1, -0.05) is 0 Å². The van der Waals surface area contributed by atoms with Crippen molar-refractivity contribution in [2.75, 3.05) is 13.5 Å². The van der Waals surface area contributed by atoms with Crippen molar-refractivity contribution in [2.24, 2.45) is 0 Å². The van der Waals surface area contributed by atoms with E-state index in [0.29, 0.717) is 17.6 Å². The normalized spacial score (nSPS) is 25.5. The molecule has 1 N–H and O–H groups in total. The molecular formula is C15H13FN2O. The zero-order valence-corrected chi connectivity index (χ0v) is 10.0. The van der Waals surface area contributed by atoms with Gasteiger partial charge in [0, 0.05) is 32.8 Å². The Morgan fingerprint density at radius 3 is 3.26 bits per heavy atom. The molecule has 2 heterocycles. The summed E-state index contributed by atoms with van der Waals surface area (Å²) in [7, 11) is 0. The molecule has 1 aliphatic carbocycles. The molecule has 19 heavy (non-hydrogen) atoms. The van der Waals surface area contributed by atoms with Gasteiger partial charge in [-0.05, 0) is 42.7 Å². The van der Waals surface area contributed by atoms with Crippen molar-refractivity contribution in [1.82, 2.24) is 9.88 Å². The van der Waals surface area contributed by atoms with E-state index in [0.717, 1.165) is 16.5 Å². The van der Waals surface area contributed by atoms with Gasteiger partial charge in [0.2, 0.25) is 0 Å². The highest BCUT2D eigenvalue weighted by molar-refractivity contribution is 6.06. The molecule has 0 bridgehead atoms. The monoisotopic (exact) mass is 259 g/mol. The van der Waals surface area contributed by atoms with Crippen molar-refractivity contribution in [3.63, 3.8) is 0 Å². The predicted octanol–water partition coefficient (Wildman–Crippen LogP) is 2.13. The molecule has 1 atom stereocenters. The van der Waals surface area contributed by atoms with E-state index < -0.39 is 18.8 Å². The van der Waals surface area contributed by atoms with Crippen LogP contribution in [-0.2, 0) is 11.2 Å². The fourth-order valence-corrected chi connectivity index (χ4v) is 3.14. The van der Waals surface area contributed by atoms with E-state index >= 15 is 0 Å². The average molecular weight is 259 g/mol. The van der Waals surface area contributed by atoms with Gasteiger partial charge in [0.1, 0.15) is 5.82 Å². The van der Waals surface area contributed by atoms with E-state index in [1.165, 1.54) is 17.0 Å². The maximum atomic E-state index is 14.4. The summed E-state index contributed by atoms with van der Waals surface area (Å²) in [5.74, 6) is -0.734. The number of H-pyrrole nitrogens is 1. The molecule has 1 aliphatic heterocycles. The van der Waals surface area contributed by atoms with Crippen LogP contribution in [0.5, 0.6) is 0 Å². The van der Waals surface area contributed by atoms with Crippen LogP contribution in [0.2, 0.25) is 0 Å². The van der Waals surface area contributed by atoms with Gasteiger partial charge in [-0.2, -0.15) is 0 Å². The third-order valence-electron chi connectivity index (χ3n) is 3.96. The summed E-state index contributed by atoms with van der Waals surface area (Å²) in [5, 5.41) is 0.752. The number of fused-ring (bicyclic) bond motifs is 2. The van der Waals surface area contributed by atoms with Gasteiger partial charge in [-0.25, -0.2) is 4.39 Å². The Labute approximate surface area is 113 Å². The zero-order valence-electron chi connectivity index (χ0n) is 13.0. The Kier molecular flexibility index (Phi) is 1.54. The van der Waals surface area contributed by atoms with Gasteiger partial charge in [0.05, 0.1) is 6.54 Å². The summed E-state index contributed by atoms with van der Waals surface area (Å²) in [6.07, 6.45) is 3.65. The molecule has 2 aliphatic rings. The Bertz CT molecular complexity index is 837. The SMILES string of the molecule is [2H]C([2H])([2H])N1CC(=O)C=C2c3c(F)ccc4[nH]cc(c34)C[C@H]21. The highest BCUT2D eigenvalue weighted by Crippen LogP contribution is 2.40. The van der Waals surface area contributed by atoms with E-state index in [1.807, 2.05) is 0 Å². The number of aromatic amines is 1. The first kappa shape index (κ1) is 8.27. The fourth-order valence-electron chi connectivity index (χ4n) is 3.14. The second-order valence-corrected chi connectivity index (χ2v) is 5.07. The smallest absolute Gasteiger partial charge is 0.170 e. The number of nitrogens with zero attached hydrogens (tertiary/aromatic N) is 1. The second kappa shape index (κ2) is 3.54. The van der Waals surface area contributed by atoms with Crippen LogP contribution in [0.25, 0.3) is 16.5 Å². The van der Waals surface area contributed by atoms with Crippen LogP contribution in [0.15, 0.2) is 24.4 Å². The van der Waals surface area contributed by atoms with Gasteiger partial charge in [0.15, 0.2) is 5.78 Å². The number of ketones is 1. The number of hydrogen-bond donors (Lipinski definition) is 1. The number of carbonyl (C=O) groups excluding carboxylic acids is 1. The molecule has 2 aromatic rings. The Morgan fingerprint density at radius 2 is 2.42 bits per heavy atom. The maximum absolute atomic E-state index is 14.4. The summed E-state index contributed by atoms with van der Waals surface area (Å²) in [6, 6.07) is 2.50. The molecule has 0 radical (unpaired) electrons. The summed E-state index contributed by atoms with van der Waals surface area (Å²) in [4.78, 5) is 16.2. The van der Waals surface area contributed by atoms with E-state index in [4.69, 9.17) is 4.11 Å². The lowest BCUT2D eigenvalue weighted by molar-refractivity contribution is -0.116. The predicted molar refractivity (Wildman–Crippen MR) is 71.4 cm³/mol. The number of aromatic nitrogens is 1. The molecule has 0 unspecified atom stereocenters. The Balaban J connectivity index is 1.99. The van der Waals surface area contributed by atoms with Crippen molar-refractivity contribution in [1.29, 1.82) is 0 Å². The lowest BCUT2D eigenvalue weighted by atomic mass is 9.81. The Morgan fingerprint density at radius 1 is 1.53 bits per heavy atom. The number of hydrogen-bond acceptors (Lipinski definition) is 2. The number of benzene rings is 1. The summed E-state index contributed by atoms with van der Waals surface area (Å²) >= 11 is 0. The van der Waals surface area contributed by atoms with E-state index in [9.17, 15) is 9.18 Å². The fraction of sp³-hybridized carbons (Fsp3) is 0.267. The van der Waals surface area contributed by atoms with Crippen molar-refractivity contribution in [3.8, 4) is 0 Å². The van der Waals surface area contributed by atoms with Gasteiger partial charge in [-0.15, -0.1) is 0 Å². The minimum Gasteiger partial charge on any atom is -0.361 e. The van der Waals surface area contributed by atoms with Crippen LogP contribution in [0.3, 0.4) is 0 Å². The van der Waals surface area contributed by atoms with Gasteiger partial charge < -0.3 is 4.98 Å². The highest BCUT2D eigenvalue weighted by Gasteiger charge is 2.34. The average Bonchev–Trinajstić information content (AvgIpc) is 2.84. The molecule has 0 saturated heterocycles. The van der Waals surface area contributed by atoms with Crippen LogP contribution < -0.4 is 0 Å². The lowest BCUT2D eigenvalue weighted by Gasteiger charge is -2.36. The van der Waals surface area contributed by atoms with Gasteiger partial charge in [-0.3, -0.25) is 9.69 Å². The van der Waals surface area contributed by atoms with Crippen molar-refractivity contribution >= 4 is 22.3 Å². The van der Waals surface area contributed by atoms with Crippen molar-refractivity contribution in [3.05, 3.63) is 41.3 Å². The number of halogens is 1. The van der Waals surface area contributed by atoms with Gasteiger partial charge >= 0.3 is 0 Å². The number of rotatable bonds is 0. The first-order valence-corrected chi connectivity index (χ1v) is 6.16. The highest BCUT2D eigenvalue weighted by atomic mass is 19.1. The summed E-state index contributed by atoms with van der Waals surface area (Å²) in [6.45, 7) is -2.56.